The molecule has 0 aliphatic heterocycles. The number of benzene rings is 4. The Hall–Kier alpha value is -3.67. The van der Waals surface area contributed by atoms with Gasteiger partial charge >= 0.3 is 17.9 Å². The van der Waals surface area contributed by atoms with Crippen LogP contribution in [0.1, 0.15) is 238 Å². The Bertz CT molecular complexity index is 1830. The fourth-order valence-corrected chi connectivity index (χ4v) is 9.60. The summed E-state index contributed by atoms with van der Waals surface area (Å²) in [6, 6.07) is 19.6. The van der Waals surface area contributed by atoms with Gasteiger partial charge in [0.2, 0.25) is 0 Å². The molecule has 0 unspecified atom stereocenters. The number of hydrogen-bond acceptors (Lipinski definition) is 6. The highest BCUT2D eigenvalue weighted by Gasteiger charge is 2.20. The molecule has 0 aromatic heterocycles. The number of ether oxygens (including phenoxy) is 3. The largest absolute Gasteiger partial charge is 0.462 e. The summed E-state index contributed by atoms with van der Waals surface area (Å²) in [4.78, 5) is 38.7. The number of aryl methyl sites for hydroxylation is 1. The summed E-state index contributed by atoms with van der Waals surface area (Å²) in [5, 5.41) is 7.50. The molecular weight excluding hydrogens is 805 g/mol. The van der Waals surface area contributed by atoms with E-state index in [0.717, 1.165) is 44.9 Å². The molecule has 6 nitrogen and oxygen atoms in total. The Balaban J connectivity index is 1.12. The molecule has 0 fully saturated rings. The zero-order valence-electron chi connectivity index (χ0n) is 41.4. The van der Waals surface area contributed by atoms with Crippen LogP contribution >= 0.6 is 0 Å². The third kappa shape index (κ3) is 22.6. The van der Waals surface area contributed by atoms with E-state index in [-0.39, 0.29) is 37.5 Å². The molecule has 0 aliphatic carbocycles. The number of carbonyl (C=O) groups is 3. The quantitative estimate of drug-likeness (QED) is 0.0191. The summed E-state index contributed by atoms with van der Waals surface area (Å²) in [6.45, 7) is 4.33. The fourth-order valence-electron chi connectivity index (χ4n) is 9.60. The second-order valence-corrected chi connectivity index (χ2v) is 19.3. The van der Waals surface area contributed by atoms with Crippen molar-refractivity contribution in [2.24, 2.45) is 0 Å². The van der Waals surface area contributed by atoms with Gasteiger partial charge in [-0.05, 0) is 63.6 Å². The maximum Gasteiger partial charge on any atom is 0.306 e. The first-order valence-corrected chi connectivity index (χ1v) is 27.2. The molecule has 0 spiro atoms. The van der Waals surface area contributed by atoms with Crippen molar-refractivity contribution in [3.05, 3.63) is 60.2 Å². The Morgan fingerprint density at radius 3 is 1.18 bits per heavy atom. The van der Waals surface area contributed by atoms with Crippen LogP contribution in [0, 0.1) is 0 Å². The van der Waals surface area contributed by atoms with Crippen LogP contribution in [-0.2, 0) is 35.0 Å². The molecule has 0 heterocycles. The van der Waals surface area contributed by atoms with Crippen LogP contribution in [-0.4, -0.2) is 37.2 Å². The molecule has 0 saturated heterocycles. The molecule has 0 aliphatic rings. The summed E-state index contributed by atoms with van der Waals surface area (Å²) < 4.78 is 17.1. The molecule has 4 aromatic rings. The predicted octanol–water partition coefficient (Wildman–Crippen LogP) is 17.4. The standard InChI is InChI=1S/C59H90O6/c1-3-5-7-9-11-13-15-17-19-21-23-25-27-29-31-38-55(60)63-47-53(65-57(62)39-32-30-28-26-24-22-20-18-16-14-12-10-8-6-4-2)48-64-56(61)40-34-35-49-41-42-52-44-43-50-36-33-37-51-45-46-54(49)59(52)58(50)51/h33,36-37,41-46,53H,3-32,34-35,38-40,47-48H2,1-2H3/t53-/m1/s1. The molecule has 4 rings (SSSR count). The minimum atomic E-state index is -0.814. The van der Waals surface area contributed by atoms with E-state index in [1.165, 1.54) is 192 Å². The van der Waals surface area contributed by atoms with E-state index < -0.39 is 6.10 Å². The van der Waals surface area contributed by atoms with Gasteiger partial charge in [0.1, 0.15) is 13.2 Å². The van der Waals surface area contributed by atoms with Gasteiger partial charge in [0, 0.05) is 19.3 Å². The zero-order chi connectivity index (χ0) is 46.0. The van der Waals surface area contributed by atoms with Gasteiger partial charge in [-0.3, -0.25) is 14.4 Å². The Morgan fingerprint density at radius 1 is 0.385 bits per heavy atom. The van der Waals surface area contributed by atoms with Crippen molar-refractivity contribution in [2.75, 3.05) is 13.2 Å². The van der Waals surface area contributed by atoms with Gasteiger partial charge in [0.05, 0.1) is 0 Å². The minimum Gasteiger partial charge on any atom is -0.462 e. The van der Waals surface area contributed by atoms with Gasteiger partial charge in [-0.1, -0.05) is 248 Å². The minimum absolute atomic E-state index is 0.0990. The molecule has 0 saturated carbocycles. The van der Waals surface area contributed by atoms with E-state index in [4.69, 9.17) is 14.2 Å². The first-order chi connectivity index (χ1) is 32.0. The number of hydrogen-bond donors (Lipinski definition) is 0. The molecule has 6 heteroatoms. The van der Waals surface area contributed by atoms with Crippen LogP contribution in [0.2, 0.25) is 0 Å². The molecule has 0 radical (unpaired) electrons. The average molecular weight is 895 g/mol. The topological polar surface area (TPSA) is 78.9 Å². The summed E-state index contributed by atoms with van der Waals surface area (Å²) in [7, 11) is 0. The maximum absolute atomic E-state index is 13.0. The van der Waals surface area contributed by atoms with Crippen molar-refractivity contribution < 1.29 is 28.6 Å². The van der Waals surface area contributed by atoms with Gasteiger partial charge in [-0.25, -0.2) is 0 Å². The van der Waals surface area contributed by atoms with E-state index in [9.17, 15) is 14.4 Å². The van der Waals surface area contributed by atoms with E-state index in [2.05, 4.69) is 68.4 Å². The first kappa shape index (κ1) is 53.9. The molecule has 0 amide bonds. The summed E-state index contributed by atoms with van der Waals surface area (Å²) in [6.07, 6.45) is 39.5. The highest BCUT2D eigenvalue weighted by Crippen LogP contribution is 2.36. The summed E-state index contributed by atoms with van der Waals surface area (Å²) in [5.74, 6) is -0.953. The first-order valence-electron chi connectivity index (χ1n) is 27.2. The molecule has 65 heavy (non-hydrogen) atoms. The third-order valence-corrected chi connectivity index (χ3v) is 13.6. The summed E-state index contributed by atoms with van der Waals surface area (Å²) >= 11 is 0. The van der Waals surface area contributed by atoms with Crippen LogP contribution in [0.5, 0.6) is 0 Å². The Labute approximate surface area is 395 Å². The lowest BCUT2D eigenvalue weighted by Gasteiger charge is -2.18. The van der Waals surface area contributed by atoms with E-state index in [1.54, 1.807) is 0 Å². The second kappa shape index (κ2) is 34.6. The van der Waals surface area contributed by atoms with Crippen LogP contribution in [0.25, 0.3) is 32.3 Å². The number of rotatable bonds is 41. The van der Waals surface area contributed by atoms with E-state index in [0.29, 0.717) is 19.3 Å². The van der Waals surface area contributed by atoms with Gasteiger partial charge in [-0.15, -0.1) is 0 Å². The molecular formula is C59H90O6. The van der Waals surface area contributed by atoms with Crippen molar-refractivity contribution in [1.82, 2.24) is 0 Å². The van der Waals surface area contributed by atoms with Gasteiger partial charge < -0.3 is 14.2 Å². The monoisotopic (exact) mass is 895 g/mol. The smallest absolute Gasteiger partial charge is 0.306 e. The maximum atomic E-state index is 13.0. The van der Waals surface area contributed by atoms with Crippen LogP contribution < -0.4 is 0 Å². The van der Waals surface area contributed by atoms with Crippen molar-refractivity contribution >= 4 is 50.2 Å². The van der Waals surface area contributed by atoms with E-state index >= 15 is 0 Å². The predicted molar refractivity (Wildman–Crippen MR) is 274 cm³/mol. The van der Waals surface area contributed by atoms with Crippen LogP contribution in [0.3, 0.4) is 0 Å². The van der Waals surface area contributed by atoms with Crippen molar-refractivity contribution in [2.45, 2.75) is 245 Å². The molecule has 362 valence electrons. The van der Waals surface area contributed by atoms with Crippen LogP contribution in [0.4, 0.5) is 0 Å². The van der Waals surface area contributed by atoms with E-state index in [1.807, 2.05) is 0 Å². The molecule has 4 aromatic carbocycles. The SMILES string of the molecule is CCCCCCCCCCCCCCCCCC(=O)OC[C@H](COC(=O)CCCc1ccc2ccc3cccc4ccc1c2c34)OC(=O)CCCCCCCCCCCCCCCCC. The fraction of sp³-hybridized carbons (Fsp3) is 0.678. The van der Waals surface area contributed by atoms with Crippen LogP contribution in [0.15, 0.2) is 54.6 Å². The lowest BCUT2D eigenvalue weighted by atomic mass is 9.90. The number of carbonyl (C=O) groups excluding carboxylic acids is 3. The van der Waals surface area contributed by atoms with Crippen molar-refractivity contribution in [3.8, 4) is 0 Å². The molecule has 0 bridgehead atoms. The lowest BCUT2D eigenvalue weighted by Crippen LogP contribution is -2.30. The average Bonchev–Trinajstić information content (AvgIpc) is 3.32. The molecule has 0 N–H and O–H groups in total. The highest BCUT2D eigenvalue weighted by atomic mass is 16.6. The number of esters is 3. The zero-order valence-corrected chi connectivity index (χ0v) is 41.4. The lowest BCUT2D eigenvalue weighted by molar-refractivity contribution is -0.167. The van der Waals surface area contributed by atoms with Gasteiger partial charge in [0.15, 0.2) is 6.10 Å². The Morgan fingerprint density at radius 2 is 0.738 bits per heavy atom. The second-order valence-electron chi connectivity index (χ2n) is 19.3. The van der Waals surface area contributed by atoms with Crippen molar-refractivity contribution in [3.63, 3.8) is 0 Å². The highest BCUT2D eigenvalue weighted by molar-refractivity contribution is 6.23. The normalized spacial score (nSPS) is 12.1. The Kier molecular flexibility index (Phi) is 28.7. The molecule has 1 atom stereocenters. The summed E-state index contributed by atoms with van der Waals surface area (Å²) in [5.41, 5.74) is 1.22. The third-order valence-electron chi connectivity index (χ3n) is 13.6. The number of unbranched alkanes of at least 4 members (excludes halogenated alkanes) is 28. The van der Waals surface area contributed by atoms with Gasteiger partial charge in [-0.2, -0.15) is 0 Å². The van der Waals surface area contributed by atoms with Gasteiger partial charge in [0.25, 0.3) is 0 Å². The van der Waals surface area contributed by atoms with Crippen molar-refractivity contribution in [1.29, 1.82) is 0 Å².